The molecule has 0 aromatic heterocycles. The van der Waals surface area contributed by atoms with Gasteiger partial charge in [0.05, 0.1) is 6.61 Å². The zero-order chi connectivity index (χ0) is 15.2. The van der Waals surface area contributed by atoms with E-state index in [1.165, 1.54) is 43.4 Å². The van der Waals surface area contributed by atoms with E-state index in [-0.39, 0.29) is 12.4 Å². The molecule has 0 radical (unpaired) electrons. The summed E-state index contributed by atoms with van der Waals surface area (Å²) in [4.78, 5) is 1.28. The molecule has 0 aliphatic carbocycles. The van der Waals surface area contributed by atoms with Crippen molar-refractivity contribution in [3.8, 4) is 5.75 Å². The normalized spacial score (nSPS) is 10.3. The molecule has 22 heavy (non-hydrogen) atoms. The van der Waals surface area contributed by atoms with Crippen LogP contribution in [0.25, 0.3) is 0 Å². The molecule has 0 unspecified atom stereocenters. The van der Waals surface area contributed by atoms with Crippen LogP contribution in [0.4, 0.5) is 0 Å². The molecule has 0 fully saturated rings. The van der Waals surface area contributed by atoms with Crippen molar-refractivity contribution in [3.63, 3.8) is 0 Å². The summed E-state index contributed by atoms with van der Waals surface area (Å²) in [6.45, 7) is 5.26. The molecule has 0 heterocycles. The van der Waals surface area contributed by atoms with Crippen LogP contribution in [-0.2, 0) is 0 Å². The van der Waals surface area contributed by atoms with E-state index >= 15 is 0 Å². The van der Waals surface area contributed by atoms with Crippen molar-refractivity contribution in [2.75, 3.05) is 26.0 Å². The van der Waals surface area contributed by atoms with Gasteiger partial charge in [0.1, 0.15) is 5.75 Å². The molecule has 0 aliphatic heterocycles. The van der Waals surface area contributed by atoms with Crippen molar-refractivity contribution in [3.05, 3.63) is 24.3 Å². The number of rotatable bonds is 13. The Labute approximate surface area is 147 Å². The van der Waals surface area contributed by atoms with Gasteiger partial charge in [-0.05, 0) is 56.5 Å². The van der Waals surface area contributed by atoms with Crippen LogP contribution in [-0.4, -0.2) is 26.0 Å². The molecule has 2 nitrogen and oxygen atoms in total. The van der Waals surface area contributed by atoms with E-state index in [0.29, 0.717) is 0 Å². The molecule has 1 aromatic carbocycles. The van der Waals surface area contributed by atoms with E-state index in [1.807, 2.05) is 0 Å². The van der Waals surface area contributed by atoms with Gasteiger partial charge in [-0.15, -0.1) is 24.2 Å². The molecule has 0 spiro atoms. The lowest BCUT2D eigenvalue weighted by Gasteiger charge is -2.08. The second kappa shape index (κ2) is 15.5. The number of thioether (sulfide) groups is 1. The highest BCUT2D eigenvalue weighted by Crippen LogP contribution is 2.18. The fourth-order valence-corrected chi connectivity index (χ4v) is 2.62. The standard InChI is InChI=1S/C18H31NOS.ClH/c1-3-4-5-6-7-8-14-19-15-9-16-20-17-10-12-18(21-2)13-11-17;/h10-13,19H,3-9,14-16H2,1-2H3;1H. The van der Waals surface area contributed by atoms with Crippen LogP contribution in [0.3, 0.4) is 0 Å². The van der Waals surface area contributed by atoms with Crippen LogP contribution >= 0.6 is 24.2 Å². The van der Waals surface area contributed by atoms with Crippen LogP contribution < -0.4 is 10.1 Å². The molecule has 1 N–H and O–H groups in total. The second-order valence-corrected chi connectivity index (χ2v) is 6.27. The van der Waals surface area contributed by atoms with Gasteiger partial charge in [-0.3, -0.25) is 0 Å². The minimum atomic E-state index is 0. The van der Waals surface area contributed by atoms with Crippen LogP contribution in [0, 0.1) is 0 Å². The van der Waals surface area contributed by atoms with E-state index < -0.39 is 0 Å². The van der Waals surface area contributed by atoms with Crippen molar-refractivity contribution >= 4 is 24.2 Å². The maximum atomic E-state index is 5.73. The third-order valence-corrected chi connectivity index (χ3v) is 4.28. The zero-order valence-electron chi connectivity index (χ0n) is 14.1. The molecule has 0 bridgehead atoms. The van der Waals surface area contributed by atoms with Crippen LogP contribution in [0.15, 0.2) is 29.2 Å². The average Bonchev–Trinajstić information content (AvgIpc) is 2.53. The molecule has 1 aromatic rings. The minimum absolute atomic E-state index is 0. The van der Waals surface area contributed by atoms with Gasteiger partial charge in [-0.25, -0.2) is 0 Å². The molecule has 1 rings (SSSR count). The van der Waals surface area contributed by atoms with Gasteiger partial charge < -0.3 is 10.1 Å². The number of hydrogen-bond donors (Lipinski definition) is 1. The first-order valence-electron chi connectivity index (χ1n) is 8.34. The van der Waals surface area contributed by atoms with E-state index in [1.54, 1.807) is 11.8 Å². The summed E-state index contributed by atoms with van der Waals surface area (Å²) in [6, 6.07) is 8.32. The van der Waals surface area contributed by atoms with E-state index in [0.717, 1.165) is 31.9 Å². The smallest absolute Gasteiger partial charge is 0.119 e. The molecule has 128 valence electrons. The quantitative estimate of drug-likeness (QED) is 0.374. The Morgan fingerprint density at radius 2 is 1.55 bits per heavy atom. The number of ether oxygens (including phenoxy) is 1. The Morgan fingerprint density at radius 3 is 2.23 bits per heavy atom. The van der Waals surface area contributed by atoms with Crippen molar-refractivity contribution in [1.82, 2.24) is 5.32 Å². The van der Waals surface area contributed by atoms with Crippen molar-refractivity contribution in [2.45, 2.75) is 56.8 Å². The summed E-state index contributed by atoms with van der Waals surface area (Å²) in [7, 11) is 0. The minimum Gasteiger partial charge on any atom is -0.494 e. The number of benzene rings is 1. The summed E-state index contributed by atoms with van der Waals surface area (Å²) >= 11 is 1.76. The molecule has 0 saturated carbocycles. The SMILES string of the molecule is CCCCCCCCNCCCOc1ccc(SC)cc1.Cl. The Kier molecular flexibility index (Phi) is 15.2. The lowest BCUT2D eigenvalue weighted by molar-refractivity contribution is 0.308. The molecular formula is C18H32ClNOS. The topological polar surface area (TPSA) is 21.3 Å². The van der Waals surface area contributed by atoms with E-state index in [2.05, 4.69) is 42.8 Å². The summed E-state index contributed by atoms with van der Waals surface area (Å²) in [5, 5.41) is 3.50. The summed E-state index contributed by atoms with van der Waals surface area (Å²) in [5.41, 5.74) is 0. The van der Waals surface area contributed by atoms with Gasteiger partial charge in [0, 0.05) is 4.90 Å². The third kappa shape index (κ3) is 11.2. The lowest BCUT2D eigenvalue weighted by Crippen LogP contribution is -2.18. The monoisotopic (exact) mass is 345 g/mol. The highest BCUT2D eigenvalue weighted by molar-refractivity contribution is 7.98. The summed E-state index contributed by atoms with van der Waals surface area (Å²) < 4.78 is 5.73. The number of hydrogen-bond acceptors (Lipinski definition) is 3. The molecule has 0 aliphatic rings. The maximum absolute atomic E-state index is 5.73. The predicted molar refractivity (Wildman–Crippen MR) is 102 cm³/mol. The molecule has 0 amide bonds. The Hall–Kier alpha value is -0.380. The first-order chi connectivity index (χ1) is 10.4. The third-order valence-electron chi connectivity index (χ3n) is 3.53. The van der Waals surface area contributed by atoms with Crippen LogP contribution in [0.1, 0.15) is 51.9 Å². The summed E-state index contributed by atoms with van der Waals surface area (Å²) in [5.74, 6) is 0.976. The predicted octanol–water partition coefficient (Wildman–Crippen LogP) is 5.55. The Bertz CT molecular complexity index is 345. The van der Waals surface area contributed by atoms with Gasteiger partial charge in [0.25, 0.3) is 0 Å². The largest absolute Gasteiger partial charge is 0.494 e. The van der Waals surface area contributed by atoms with Crippen LogP contribution in [0.2, 0.25) is 0 Å². The first kappa shape index (κ1) is 21.6. The van der Waals surface area contributed by atoms with E-state index in [4.69, 9.17) is 4.74 Å². The molecule has 0 saturated heterocycles. The van der Waals surface area contributed by atoms with Crippen molar-refractivity contribution in [2.24, 2.45) is 0 Å². The number of nitrogens with one attached hydrogen (secondary N) is 1. The second-order valence-electron chi connectivity index (χ2n) is 5.40. The van der Waals surface area contributed by atoms with Crippen molar-refractivity contribution < 1.29 is 4.74 Å². The Morgan fingerprint density at radius 1 is 0.909 bits per heavy atom. The summed E-state index contributed by atoms with van der Waals surface area (Å²) in [6.07, 6.45) is 11.3. The van der Waals surface area contributed by atoms with Crippen molar-refractivity contribution in [1.29, 1.82) is 0 Å². The first-order valence-corrected chi connectivity index (χ1v) is 9.57. The average molecular weight is 346 g/mol. The van der Waals surface area contributed by atoms with Gasteiger partial charge in [-0.2, -0.15) is 0 Å². The Balaban J connectivity index is 0.00000441. The van der Waals surface area contributed by atoms with Gasteiger partial charge in [0.15, 0.2) is 0 Å². The number of halogens is 1. The highest BCUT2D eigenvalue weighted by atomic mass is 35.5. The fraction of sp³-hybridized carbons (Fsp3) is 0.667. The number of unbranched alkanes of at least 4 members (excludes halogenated alkanes) is 5. The van der Waals surface area contributed by atoms with E-state index in [9.17, 15) is 0 Å². The van der Waals surface area contributed by atoms with Gasteiger partial charge in [-0.1, -0.05) is 39.0 Å². The molecule has 0 atom stereocenters. The van der Waals surface area contributed by atoms with Gasteiger partial charge in [0.2, 0.25) is 0 Å². The molecule has 4 heteroatoms. The molecular weight excluding hydrogens is 314 g/mol. The fourth-order valence-electron chi connectivity index (χ4n) is 2.21. The van der Waals surface area contributed by atoms with Crippen LogP contribution in [0.5, 0.6) is 5.75 Å². The lowest BCUT2D eigenvalue weighted by atomic mass is 10.1. The van der Waals surface area contributed by atoms with Gasteiger partial charge >= 0.3 is 0 Å². The zero-order valence-corrected chi connectivity index (χ0v) is 15.7. The maximum Gasteiger partial charge on any atom is 0.119 e. The highest BCUT2D eigenvalue weighted by Gasteiger charge is 1.95.